The molecule has 4 rings (SSSR count). The molecule has 2 atom stereocenters. The molecule has 0 radical (unpaired) electrons. The van der Waals surface area contributed by atoms with Gasteiger partial charge in [-0.05, 0) is 24.4 Å². The number of nitrogens with one attached hydrogen (secondary N) is 2. The molecule has 0 bridgehead atoms. The van der Waals surface area contributed by atoms with Crippen LogP contribution >= 0.6 is 0 Å². The third-order valence-electron chi connectivity index (χ3n) is 5.02. The minimum atomic E-state index is -0.313. The lowest BCUT2D eigenvalue weighted by atomic mass is 9.99. The molecule has 25 heavy (non-hydrogen) atoms. The van der Waals surface area contributed by atoms with Crippen molar-refractivity contribution in [1.82, 2.24) is 15.2 Å². The number of carbonyl (C=O) groups excluding carboxylic acids is 1. The third kappa shape index (κ3) is 3.50. The highest BCUT2D eigenvalue weighted by molar-refractivity contribution is 5.80. The van der Waals surface area contributed by atoms with Gasteiger partial charge in [-0.3, -0.25) is 0 Å². The number of aromatic amines is 1. The summed E-state index contributed by atoms with van der Waals surface area (Å²) in [6.45, 7) is 5.15. The maximum Gasteiger partial charge on any atom is 0.317 e. The van der Waals surface area contributed by atoms with E-state index in [4.69, 9.17) is 9.47 Å². The van der Waals surface area contributed by atoms with Crippen LogP contribution in [0.4, 0.5) is 4.79 Å². The summed E-state index contributed by atoms with van der Waals surface area (Å²) in [5, 5.41) is 4.25. The predicted octanol–water partition coefficient (Wildman–Crippen LogP) is 2.30. The summed E-state index contributed by atoms with van der Waals surface area (Å²) >= 11 is 0. The van der Waals surface area contributed by atoms with Crippen LogP contribution in [0.2, 0.25) is 0 Å². The molecule has 134 valence electrons. The van der Waals surface area contributed by atoms with Crippen molar-refractivity contribution in [2.24, 2.45) is 0 Å². The molecule has 2 aliphatic heterocycles. The normalized spacial score (nSPS) is 26.4. The topological polar surface area (TPSA) is 66.6 Å². The maximum atomic E-state index is 12.6. The second-order valence-corrected chi connectivity index (χ2v) is 7.16. The molecule has 1 aromatic heterocycles. The van der Waals surface area contributed by atoms with Gasteiger partial charge in [0.2, 0.25) is 0 Å². The highest BCUT2D eigenvalue weighted by Gasteiger charge is 2.43. The van der Waals surface area contributed by atoms with Crippen LogP contribution in [0.1, 0.15) is 19.0 Å². The number of aromatic nitrogens is 1. The number of rotatable bonds is 3. The number of benzene rings is 1. The largest absolute Gasteiger partial charge is 0.378 e. The summed E-state index contributed by atoms with van der Waals surface area (Å²) in [7, 11) is 0. The summed E-state index contributed by atoms with van der Waals surface area (Å²) in [4.78, 5) is 17.8. The van der Waals surface area contributed by atoms with Gasteiger partial charge in [-0.1, -0.05) is 18.2 Å². The zero-order valence-electron chi connectivity index (χ0n) is 14.6. The number of para-hydroxylation sites is 1. The SMILES string of the molecule is C[C@H]1CN(C(=O)NCCc2cc3ccccc3[nH]2)C[C@]2(CCOC2)O1. The van der Waals surface area contributed by atoms with Crippen molar-refractivity contribution in [2.75, 3.05) is 32.8 Å². The summed E-state index contributed by atoms with van der Waals surface area (Å²) in [5.41, 5.74) is 1.96. The van der Waals surface area contributed by atoms with Gasteiger partial charge >= 0.3 is 6.03 Å². The van der Waals surface area contributed by atoms with E-state index in [-0.39, 0.29) is 17.7 Å². The van der Waals surface area contributed by atoms with Crippen LogP contribution in [-0.2, 0) is 15.9 Å². The van der Waals surface area contributed by atoms with Gasteiger partial charge in [0.15, 0.2) is 0 Å². The highest BCUT2D eigenvalue weighted by atomic mass is 16.6. The summed E-state index contributed by atoms with van der Waals surface area (Å²) < 4.78 is 11.6. The van der Waals surface area contributed by atoms with Gasteiger partial charge in [-0.15, -0.1) is 0 Å². The van der Waals surface area contributed by atoms with Crippen LogP contribution in [0.25, 0.3) is 10.9 Å². The zero-order valence-corrected chi connectivity index (χ0v) is 14.6. The molecular weight excluding hydrogens is 318 g/mol. The molecule has 2 aromatic rings. The molecule has 2 amide bonds. The van der Waals surface area contributed by atoms with E-state index in [1.165, 1.54) is 5.39 Å². The molecule has 2 fully saturated rings. The van der Waals surface area contributed by atoms with E-state index in [1.807, 2.05) is 24.0 Å². The van der Waals surface area contributed by atoms with Crippen LogP contribution in [0, 0.1) is 0 Å². The zero-order chi connectivity index (χ0) is 17.3. The van der Waals surface area contributed by atoms with E-state index in [1.54, 1.807) is 0 Å². The fourth-order valence-corrected chi connectivity index (χ4v) is 3.87. The minimum Gasteiger partial charge on any atom is -0.378 e. The van der Waals surface area contributed by atoms with Crippen molar-refractivity contribution >= 4 is 16.9 Å². The number of fused-ring (bicyclic) bond motifs is 1. The van der Waals surface area contributed by atoms with E-state index < -0.39 is 0 Å². The number of urea groups is 1. The Morgan fingerprint density at radius 3 is 3.12 bits per heavy atom. The van der Waals surface area contributed by atoms with Gasteiger partial charge in [-0.2, -0.15) is 0 Å². The maximum absolute atomic E-state index is 12.6. The lowest BCUT2D eigenvalue weighted by Crippen LogP contribution is -2.59. The van der Waals surface area contributed by atoms with Crippen molar-refractivity contribution in [3.63, 3.8) is 0 Å². The van der Waals surface area contributed by atoms with Crippen molar-refractivity contribution in [2.45, 2.75) is 31.5 Å². The molecule has 0 unspecified atom stereocenters. The molecule has 0 saturated carbocycles. The second kappa shape index (κ2) is 6.69. The Hall–Kier alpha value is -2.05. The number of nitrogens with zero attached hydrogens (tertiary/aromatic N) is 1. The molecule has 3 heterocycles. The van der Waals surface area contributed by atoms with Gasteiger partial charge in [0, 0.05) is 43.7 Å². The Morgan fingerprint density at radius 1 is 1.44 bits per heavy atom. The average Bonchev–Trinajstić information content (AvgIpc) is 3.20. The van der Waals surface area contributed by atoms with Crippen LogP contribution in [0.3, 0.4) is 0 Å². The van der Waals surface area contributed by atoms with Gasteiger partial charge in [0.05, 0.1) is 19.3 Å². The predicted molar refractivity (Wildman–Crippen MR) is 95.7 cm³/mol. The van der Waals surface area contributed by atoms with Gasteiger partial charge in [-0.25, -0.2) is 4.79 Å². The molecule has 2 aliphatic rings. The van der Waals surface area contributed by atoms with E-state index in [0.717, 1.165) is 24.1 Å². The molecule has 6 nitrogen and oxygen atoms in total. The smallest absolute Gasteiger partial charge is 0.317 e. The van der Waals surface area contributed by atoms with E-state index >= 15 is 0 Å². The number of hydrogen-bond donors (Lipinski definition) is 2. The number of morpholine rings is 1. The molecule has 1 spiro atoms. The number of carbonyl (C=O) groups is 1. The summed E-state index contributed by atoms with van der Waals surface area (Å²) in [5.74, 6) is 0. The Balaban J connectivity index is 1.32. The highest BCUT2D eigenvalue weighted by Crippen LogP contribution is 2.29. The lowest BCUT2D eigenvalue weighted by molar-refractivity contribution is -0.137. The summed E-state index contributed by atoms with van der Waals surface area (Å²) in [6.07, 6.45) is 1.68. The van der Waals surface area contributed by atoms with Crippen molar-refractivity contribution < 1.29 is 14.3 Å². The molecule has 2 saturated heterocycles. The standard InChI is InChI=1S/C19H25N3O3/c1-14-11-22(12-19(25-14)7-9-24-13-19)18(23)20-8-6-16-10-15-4-2-3-5-17(15)21-16/h2-5,10,14,21H,6-9,11-13H2,1H3,(H,20,23)/t14-,19-/m0/s1. The van der Waals surface area contributed by atoms with Crippen LogP contribution < -0.4 is 5.32 Å². The van der Waals surface area contributed by atoms with E-state index in [9.17, 15) is 4.79 Å². The first kappa shape index (κ1) is 16.4. The minimum absolute atomic E-state index is 0.0162. The van der Waals surface area contributed by atoms with Crippen molar-refractivity contribution in [1.29, 1.82) is 0 Å². The van der Waals surface area contributed by atoms with E-state index in [0.29, 0.717) is 32.8 Å². The number of ether oxygens (including phenoxy) is 2. The number of hydrogen-bond acceptors (Lipinski definition) is 3. The van der Waals surface area contributed by atoms with Gasteiger partial charge in [0.1, 0.15) is 5.60 Å². The quantitative estimate of drug-likeness (QED) is 0.899. The molecular formula is C19H25N3O3. The van der Waals surface area contributed by atoms with E-state index in [2.05, 4.69) is 28.5 Å². The fourth-order valence-electron chi connectivity index (χ4n) is 3.87. The van der Waals surface area contributed by atoms with Crippen molar-refractivity contribution in [3.05, 3.63) is 36.0 Å². The Morgan fingerprint density at radius 2 is 2.32 bits per heavy atom. The number of amides is 2. The first-order valence-electron chi connectivity index (χ1n) is 8.99. The Labute approximate surface area is 147 Å². The first-order chi connectivity index (χ1) is 12.1. The summed E-state index contributed by atoms with van der Waals surface area (Å²) in [6, 6.07) is 10.3. The number of H-pyrrole nitrogens is 1. The van der Waals surface area contributed by atoms with Gasteiger partial charge < -0.3 is 24.7 Å². The van der Waals surface area contributed by atoms with Crippen LogP contribution in [0.5, 0.6) is 0 Å². The third-order valence-corrected chi connectivity index (χ3v) is 5.02. The molecule has 1 aromatic carbocycles. The molecule has 0 aliphatic carbocycles. The average molecular weight is 343 g/mol. The molecule has 6 heteroatoms. The first-order valence-corrected chi connectivity index (χ1v) is 8.99. The van der Waals surface area contributed by atoms with Crippen LogP contribution in [0.15, 0.2) is 30.3 Å². The second-order valence-electron chi connectivity index (χ2n) is 7.16. The van der Waals surface area contributed by atoms with Crippen molar-refractivity contribution in [3.8, 4) is 0 Å². The Kier molecular flexibility index (Phi) is 4.39. The monoisotopic (exact) mass is 343 g/mol. The van der Waals surface area contributed by atoms with Gasteiger partial charge in [0.25, 0.3) is 0 Å². The molecule has 2 N–H and O–H groups in total. The lowest BCUT2D eigenvalue weighted by Gasteiger charge is -2.42. The Bertz CT molecular complexity index is 718. The van der Waals surface area contributed by atoms with Crippen LogP contribution in [-0.4, -0.2) is 60.5 Å². The fraction of sp³-hybridized carbons (Fsp3) is 0.526.